The molecule has 33 heavy (non-hydrogen) atoms. The fourth-order valence-electron chi connectivity index (χ4n) is 4.61. The molecule has 0 bridgehead atoms. The summed E-state index contributed by atoms with van der Waals surface area (Å²) in [5, 5.41) is 20.0. The Hall–Kier alpha value is -2.55. The van der Waals surface area contributed by atoms with Crippen molar-refractivity contribution in [2.75, 3.05) is 18.0 Å². The van der Waals surface area contributed by atoms with Gasteiger partial charge in [0.25, 0.3) is 0 Å². The van der Waals surface area contributed by atoms with E-state index in [9.17, 15) is 13.9 Å². The van der Waals surface area contributed by atoms with E-state index in [0.717, 1.165) is 48.6 Å². The molecule has 4 rings (SSSR count). The second-order valence-corrected chi connectivity index (χ2v) is 9.16. The van der Waals surface area contributed by atoms with Gasteiger partial charge in [-0.15, -0.1) is 0 Å². The maximum absolute atomic E-state index is 14.7. The van der Waals surface area contributed by atoms with Gasteiger partial charge in [0.15, 0.2) is 0 Å². The van der Waals surface area contributed by atoms with Gasteiger partial charge in [0, 0.05) is 47.5 Å². The molecule has 1 aromatic heterocycles. The summed E-state index contributed by atoms with van der Waals surface area (Å²) in [5.74, 6) is -1.48. The summed E-state index contributed by atoms with van der Waals surface area (Å²) in [6.07, 6.45) is 4.54. The van der Waals surface area contributed by atoms with Crippen LogP contribution in [0.2, 0.25) is 5.02 Å². The van der Waals surface area contributed by atoms with Crippen LogP contribution in [0.3, 0.4) is 0 Å². The first-order valence-corrected chi connectivity index (χ1v) is 11.4. The SMILES string of the molecule is Cc1cc(Cl)ccc1N1CCC(N[C@H](C)[C@](O)(Cn2cncn2)c2ccc(F)cc2F)CC1. The number of aliphatic hydroxyl groups is 1. The largest absolute Gasteiger partial charge is 0.381 e. The van der Waals surface area contributed by atoms with Gasteiger partial charge >= 0.3 is 0 Å². The van der Waals surface area contributed by atoms with Crippen molar-refractivity contribution >= 4 is 17.3 Å². The molecule has 2 heterocycles. The van der Waals surface area contributed by atoms with E-state index in [1.54, 1.807) is 0 Å². The number of rotatable bonds is 7. The molecule has 2 atom stereocenters. The van der Waals surface area contributed by atoms with Crippen LogP contribution in [0, 0.1) is 18.6 Å². The average Bonchev–Trinajstić information content (AvgIpc) is 3.27. The number of benzene rings is 2. The molecule has 0 amide bonds. The normalized spacial score (nSPS) is 17.7. The fraction of sp³-hybridized carbons (Fsp3) is 0.417. The molecule has 2 aromatic carbocycles. The number of nitrogens with one attached hydrogen (secondary N) is 1. The van der Waals surface area contributed by atoms with Gasteiger partial charge in [-0.1, -0.05) is 17.7 Å². The average molecular weight is 476 g/mol. The van der Waals surface area contributed by atoms with Gasteiger partial charge in [0.1, 0.15) is 29.9 Å². The summed E-state index contributed by atoms with van der Waals surface area (Å²) < 4.78 is 29.7. The molecule has 9 heteroatoms. The van der Waals surface area contributed by atoms with E-state index in [2.05, 4.69) is 27.2 Å². The van der Waals surface area contributed by atoms with Crippen molar-refractivity contribution in [2.45, 2.75) is 50.9 Å². The van der Waals surface area contributed by atoms with Crippen molar-refractivity contribution < 1.29 is 13.9 Å². The van der Waals surface area contributed by atoms with Gasteiger partial charge in [-0.3, -0.25) is 0 Å². The van der Waals surface area contributed by atoms with Gasteiger partial charge < -0.3 is 15.3 Å². The highest BCUT2D eigenvalue weighted by Gasteiger charge is 2.40. The number of aryl methyl sites for hydroxylation is 1. The molecule has 1 aliphatic heterocycles. The van der Waals surface area contributed by atoms with Gasteiger partial charge in [-0.05, 0) is 56.5 Å². The molecule has 1 aliphatic rings. The third-order valence-electron chi connectivity index (χ3n) is 6.46. The highest BCUT2D eigenvalue weighted by molar-refractivity contribution is 6.30. The predicted molar refractivity (Wildman–Crippen MR) is 124 cm³/mol. The number of hydrogen-bond acceptors (Lipinski definition) is 5. The molecule has 2 N–H and O–H groups in total. The zero-order chi connectivity index (χ0) is 23.6. The van der Waals surface area contributed by atoms with Crippen molar-refractivity contribution in [3.05, 3.63) is 76.8 Å². The molecule has 0 spiro atoms. The molecule has 6 nitrogen and oxygen atoms in total. The Morgan fingerprint density at radius 3 is 2.61 bits per heavy atom. The summed E-state index contributed by atoms with van der Waals surface area (Å²) in [6, 6.07) is 8.76. The van der Waals surface area contributed by atoms with Crippen LogP contribution < -0.4 is 10.2 Å². The minimum absolute atomic E-state index is 0.0213. The van der Waals surface area contributed by atoms with Gasteiger partial charge in [-0.2, -0.15) is 5.10 Å². The quantitative estimate of drug-likeness (QED) is 0.539. The first kappa shape index (κ1) is 23.6. The highest BCUT2D eigenvalue weighted by Crippen LogP contribution is 2.32. The second-order valence-electron chi connectivity index (χ2n) is 8.72. The van der Waals surface area contributed by atoms with Crippen LogP contribution in [0.15, 0.2) is 49.1 Å². The molecule has 3 aromatic rings. The molecule has 1 saturated heterocycles. The number of piperidine rings is 1. The third-order valence-corrected chi connectivity index (χ3v) is 6.70. The molecular formula is C24H28ClF2N5O. The number of hydrogen-bond donors (Lipinski definition) is 2. The molecule has 0 unspecified atom stereocenters. The maximum Gasteiger partial charge on any atom is 0.137 e. The van der Waals surface area contributed by atoms with Crippen LogP contribution in [0.25, 0.3) is 0 Å². The summed E-state index contributed by atoms with van der Waals surface area (Å²) >= 11 is 6.09. The number of nitrogens with zero attached hydrogens (tertiary/aromatic N) is 4. The van der Waals surface area contributed by atoms with E-state index in [1.165, 1.54) is 29.1 Å². The lowest BCUT2D eigenvalue weighted by Gasteiger charge is -2.40. The van der Waals surface area contributed by atoms with E-state index in [0.29, 0.717) is 0 Å². The zero-order valence-corrected chi connectivity index (χ0v) is 19.4. The summed E-state index contributed by atoms with van der Waals surface area (Å²) in [4.78, 5) is 6.24. The monoisotopic (exact) mass is 475 g/mol. The van der Waals surface area contributed by atoms with Gasteiger partial charge in [-0.25, -0.2) is 18.4 Å². The lowest BCUT2D eigenvalue weighted by Crippen LogP contribution is -2.55. The first-order chi connectivity index (χ1) is 15.8. The summed E-state index contributed by atoms with van der Waals surface area (Å²) in [5.41, 5.74) is 0.668. The molecule has 0 aliphatic carbocycles. The Bertz CT molecular complexity index is 1090. The second kappa shape index (κ2) is 9.75. The van der Waals surface area contributed by atoms with Gasteiger partial charge in [0.05, 0.1) is 6.54 Å². The van der Waals surface area contributed by atoms with E-state index >= 15 is 0 Å². The van der Waals surface area contributed by atoms with Crippen LogP contribution in [0.4, 0.5) is 14.5 Å². The van der Waals surface area contributed by atoms with Crippen molar-refractivity contribution in [3.8, 4) is 0 Å². The van der Waals surface area contributed by atoms with E-state index in [4.69, 9.17) is 11.6 Å². The number of anilines is 1. The van der Waals surface area contributed by atoms with Crippen LogP contribution in [0.1, 0.15) is 30.9 Å². The van der Waals surface area contributed by atoms with E-state index < -0.39 is 23.3 Å². The van der Waals surface area contributed by atoms with Crippen molar-refractivity contribution in [3.63, 3.8) is 0 Å². The smallest absolute Gasteiger partial charge is 0.137 e. The molecule has 1 fully saturated rings. The lowest BCUT2D eigenvalue weighted by atomic mass is 9.85. The van der Waals surface area contributed by atoms with Crippen molar-refractivity contribution in [1.29, 1.82) is 0 Å². The highest BCUT2D eigenvalue weighted by atomic mass is 35.5. The van der Waals surface area contributed by atoms with Crippen LogP contribution in [0.5, 0.6) is 0 Å². The molecule has 0 saturated carbocycles. The fourth-order valence-corrected chi connectivity index (χ4v) is 4.84. The lowest BCUT2D eigenvalue weighted by molar-refractivity contribution is -0.0242. The maximum atomic E-state index is 14.7. The topological polar surface area (TPSA) is 66.2 Å². The Kier molecular flexibility index (Phi) is 6.97. The standard InChI is InChI=1S/C24H28ClF2N5O/c1-16-11-18(25)3-6-23(16)31-9-7-20(8-10-31)30-17(2)24(33,13-32-15-28-14-29-32)21-5-4-19(26)12-22(21)27/h3-6,11-12,14-15,17,20,30,33H,7-10,13H2,1-2H3/t17-,24-/m1/s1. The molecular weight excluding hydrogens is 448 g/mol. The van der Waals surface area contributed by atoms with Crippen LogP contribution in [-0.4, -0.2) is 45.0 Å². The molecule has 0 radical (unpaired) electrons. The summed E-state index contributed by atoms with van der Waals surface area (Å²) in [6.45, 7) is 5.54. The van der Waals surface area contributed by atoms with Gasteiger partial charge in [0.2, 0.25) is 0 Å². The Morgan fingerprint density at radius 1 is 1.21 bits per heavy atom. The Labute approximate surface area is 197 Å². The summed E-state index contributed by atoms with van der Waals surface area (Å²) in [7, 11) is 0. The minimum Gasteiger partial charge on any atom is -0.381 e. The van der Waals surface area contributed by atoms with E-state index in [1.807, 2.05) is 25.1 Å². The van der Waals surface area contributed by atoms with Crippen molar-refractivity contribution in [1.82, 2.24) is 20.1 Å². The minimum atomic E-state index is -1.66. The predicted octanol–water partition coefficient (Wildman–Crippen LogP) is 4.05. The van der Waals surface area contributed by atoms with E-state index in [-0.39, 0.29) is 18.2 Å². The van der Waals surface area contributed by atoms with Crippen LogP contribution >= 0.6 is 11.6 Å². The Balaban J connectivity index is 1.49. The molecule has 176 valence electrons. The number of aromatic nitrogens is 3. The third kappa shape index (κ3) is 5.18. The Morgan fingerprint density at radius 2 is 1.97 bits per heavy atom. The van der Waals surface area contributed by atoms with Crippen molar-refractivity contribution in [2.24, 2.45) is 0 Å². The first-order valence-electron chi connectivity index (χ1n) is 11.0. The number of halogens is 3. The zero-order valence-electron chi connectivity index (χ0n) is 18.7. The van der Waals surface area contributed by atoms with Crippen LogP contribution in [-0.2, 0) is 12.1 Å².